The predicted octanol–water partition coefficient (Wildman–Crippen LogP) is 5.83. The molecule has 0 radical (unpaired) electrons. The van der Waals surface area contributed by atoms with Crippen LogP contribution in [0.4, 0.5) is 11.4 Å². The molecule has 4 aromatic rings. The van der Waals surface area contributed by atoms with E-state index in [9.17, 15) is 9.59 Å². The number of carbonyl (C=O) groups is 2. The van der Waals surface area contributed by atoms with Crippen LogP contribution in [0.3, 0.4) is 0 Å². The minimum atomic E-state index is -0.958. The van der Waals surface area contributed by atoms with Crippen molar-refractivity contribution < 1.29 is 14.4 Å². The Hall–Kier alpha value is -3.32. The van der Waals surface area contributed by atoms with Gasteiger partial charge in [0.15, 0.2) is 6.10 Å². The highest BCUT2D eigenvalue weighted by molar-refractivity contribution is 6.42. The first kappa shape index (κ1) is 21.2. The number of anilines is 2. The Morgan fingerprint density at radius 2 is 1.59 bits per heavy atom. The average Bonchev–Trinajstić information content (AvgIpc) is 3.45. The fourth-order valence-electron chi connectivity index (χ4n) is 5.06. The van der Waals surface area contributed by atoms with Crippen LogP contribution in [-0.2, 0) is 14.4 Å². The van der Waals surface area contributed by atoms with Gasteiger partial charge in [-0.25, -0.2) is 9.96 Å². The number of hydrogen-bond acceptors (Lipinski definition) is 4. The lowest BCUT2D eigenvalue weighted by molar-refractivity contribution is -0.126. The monoisotopic (exact) mass is 491 g/mol. The number of fused-ring (bicyclic) bond motifs is 2. The molecule has 170 valence electrons. The fraction of sp³-hybridized carbons (Fsp3) is 0.154. The van der Waals surface area contributed by atoms with Gasteiger partial charge in [0.25, 0.3) is 5.91 Å². The molecular weight excluding hydrogens is 473 g/mol. The highest BCUT2D eigenvalue weighted by Crippen LogP contribution is 2.50. The van der Waals surface area contributed by atoms with Gasteiger partial charge in [-0.3, -0.25) is 14.4 Å². The number of amides is 2. The van der Waals surface area contributed by atoms with Gasteiger partial charge in [-0.2, -0.15) is 0 Å². The number of hydroxylamine groups is 1. The number of H-pyrrole nitrogens is 1. The van der Waals surface area contributed by atoms with Gasteiger partial charge >= 0.3 is 0 Å². The number of nitrogens with zero attached hydrogens (tertiary/aromatic N) is 2. The van der Waals surface area contributed by atoms with Crippen molar-refractivity contribution in [2.45, 2.75) is 19.1 Å². The Balaban J connectivity index is 1.51. The normalized spacial score (nSPS) is 22.1. The van der Waals surface area contributed by atoms with E-state index in [0.29, 0.717) is 10.7 Å². The molecule has 1 aromatic heterocycles. The topological polar surface area (TPSA) is 65.6 Å². The molecule has 0 aliphatic carbocycles. The third kappa shape index (κ3) is 3.06. The maximum Gasteiger partial charge on any atom is 0.266 e. The standard InChI is InChI=1S/C26H19Cl2N3O3/c1-14-21(17-9-5-6-10-20(17)29-14)23-22-24(34-31(23)15-7-3-2-4-8-15)26(33)30(25(22)32)16-11-12-18(27)19(28)13-16/h2-13,22-24,29H,1H3/t22-,23+,24+/m0/s1. The Bertz CT molecular complexity index is 1450. The summed E-state index contributed by atoms with van der Waals surface area (Å²) in [4.78, 5) is 38.2. The first-order valence-electron chi connectivity index (χ1n) is 10.9. The van der Waals surface area contributed by atoms with Crippen LogP contribution in [0, 0.1) is 12.8 Å². The zero-order valence-electron chi connectivity index (χ0n) is 18.0. The van der Waals surface area contributed by atoms with E-state index < -0.39 is 24.0 Å². The van der Waals surface area contributed by atoms with Gasteiger partial charge in [-0.15, -0.1) is 0 Å². The van der Waals surface area contributed by atoms with Crippen LogP contribution in [0.1, 0.15) is 17.3 Å². The van der Waals surface area contributed by atoms with E-state index in [-0.39, 0.29) is 10.9 Å². The van der Waals surface area contributed by atoms with E-state index in [2.05, 4.69) is 4.98 Å². The number of nitrogens with one attached hydrogen (secondary N) is 1. The van der Waals surface area contributed by atoms with Gasteiger partial charge in [0.05, 0.1) is 27.5 Å². The highest BCUT2D eigenvalue weighted by Gasteiger charge is 2.61. The first-order valence-corrected chi connectivity index (χ1v) is 11.6. The number of aromatic nitrogens is 1. The molecule has 0 unspecified atom stereocenters. The predicted molar refractivity (Wildman–Crippen MR) is 132 cm³/mol. The molecule has 0 saturated carbocycles. The van der Waals surface area contributed by atoms with Crippen LogP contribution in [-0.4, -0.2) is 22.9 Å². The summed E-state index contributed by atoms with van der Waals surface area (Å²) in [5, 5.41) is 3.32. The van der Waals surface area contributed by atoms with Crippen LogP contribution >= 0.6 is 23.2 Å². The molecule has 6 rings (SSSR count). The van der Waals surface area contributed by atoms with Crippen molar-refractivity contribution in [1.29, 1.82) is 0 Å². The van der Waals surface area contributed by atoms with E-state index in [1.54, 1.807) is 17.2 Å². The number of carbonyl (C=O) groups excluding carboxylic acids is 2. The van der Waals surface area contributed by atoms with Crippen LogP contribution in [0.25, 0.3) is 10.9 Å². The van der Waals surface area contributed by atoms with E-state index in [4.69, 9.17) is 28.0 Å². The molecule has 2 aliphatic heterocycles. The van der Waals surface area contributed by atoms with Crippen LogP contribution in [0.5, 0.6) is 0 Å². The molecule has 3 aromatic carbocycles. The first-order chi connectivity index (χ1) is 16.5. The van der Waals surface area contributed by atoms with Crippen molar-refractivity contribution in [3.63, 3.8) is 0 Å². The van der Waals surface area contributed by atoms with E-state index in [1.807, 2.05) is 61.5 Å². The van der Waals surface area contributed by atoms with E-state index >= 15 is 0 Å². The molecule has 2 fully saturated rings. The van der Waals surface area contributed by atoms with E-state index in [0.717, 1.165) is 32.7 Å². The summed E-state index contributed by atoms with van der Waals surface area (Å²) in [6, 6.07) is 21.7. The Kier molecular flexibility index (Phi) is 4.92. The summed E-state index contributed by atoms with van der Waals surface area (Å²) >= 11 is 12.2. The lowest BCUT2D eigenvalue weighted by Crippen LogP contribution is -2.37. The van der Waals surface area contributed by atoms with Crippen LogP contribution in [0.15, 0.2) is 72.8 Å². The second-order valence-electron chi connectivity index (χ2n) is 8.48. The molecule has 2 amide bonds. The van der Waals surface area contributed by atoms with E-state index in [1.165, 1.54) is 6.07 Å². The van der Waals surface area contributed by atoms with Crippen molar-refractivity contribution in [2.75, 3.05) is 9.96 Å². The van der Waals surface area contributed by atoms with Crippen LogP contribution < -0.4 is 9.96 Å². The second-order valence-corrected chi connectivity index (χ2v) is 9.29. The number of benzene rings is 3. The van der Waals surface area contributed by atoms with Gasteiger partial charge in [-0.1, -0.05) is 59.6 Å². The minimum absolute atomic E-state index is 0.271. The molecule has 0 bridgehead atoms. The van der Waals surface area contributed by atoms with Crippen LogP contribution in [0.2, 0.25) is 10.0 Å². The molecule has 8 heteroatoms. The summed E-state index contributed by atoms with van der Waals surface area (Å²) in [5.74, 6) is -1.49. The molecule has 3 heterocycles. The molecule has 0 spiro atoms. The number of para-hydroxylation sites is 2. The SMILES string of the molecule is Cc1[nH]c2ccccc2c1[C@@H]1[C@@H]2C(=O)N(c3ccc(Cl)c(Cl)c3)C(=O)[C@@H]2ON1c1ccccc1. The third-order valence-corrected chi connectivity index (χ3v) is 7.27. The summed E-state index contributed by atoms with van der Waals surface area (Å²) in [6.07, 6.45) is -0.958. The van der Waals surface area contributed by atoms with Gasteiger partial charge in [0, 0.05) is 22.2 Å². The summed E-state index contributed by atoms with van der Waals surface area (Å²) in [6.45, 7) is 1.98. The molecule has 6 nitrogen and oxygen atoms in total. The third-order valence-electron chi connectivity index (χ3n) is 6.53. The number of rotatable bonds is 3. The van der Waals surface area contributed by atoms with Gasteiger partial charge in [-0.05, 0) is 43.3 Å². The number of halogens is 2. The highest BCUT2D eigenvalue weighted by atomic mass is 35.5. The van der Waals surface area contributed by atoms with Crippen molar-refractivity contribution in [1.82, 2.24) is 4.98 Å². The fourth-order valence-corrected chi connectivity index (χ4v) is 5.36. The lowest BCUT2D eigenvalue weighted by atomic mass is 9.89. The largest absolute Gasteiger partial charge is 0.358 e. The Morgan fingerprint density at radius 3 is 2.35 bits per heavy atom. The van der Waals surface area contributed by atoms with Crippen molar-refractivity contribution in [3.05, 3.63) is 94.1 Å². The Morgan fingerprint density at radius 1 is 0.853 bits per heavy atom. The van der Waals surface area contributed by atoms with Gasteiger partial charge in [0.1, 0.15) is 5.92 Å². The average molecular weight is 492 g/mol. The maximum absolute atomic E-state index is 13.8. The molecule has 2 saturated heterocycles. The summed E-state index contributed by atoms with van der Waals surface area (Å²) in [7, 11) is 0. The van der Waals surface area contributed by atoms with Crippen molar-refractivity contribution in [2.24, 2.45) is 5.92 Å². The van der Waals surface area contributed by atoms with Crippen molar-refractivity contribution in [3.8, 4) is 0 Å². The molecule has 1 N–H and O–H groups in total. The summed E-state index contributed by atoms with van der Waals surface area (Å²) in [5.41, 5.74) is 3.97. The zero-order chi connectivity index (χ0) is 23.6. The number of imide groups is 1. The zero-order valence-corrected chi connectivity index (χ0v) is 19.5. The quantitative estimate of drug-likeness (QED) is 0.366. The number of aryl methyl sites for hydroxylation is 1. The maximum atomic E-state index is 13.8. The Labute approximate surface area is 205 Å². The molecule has 2 aliphatic rings. The minimum Gasteiger partial charge on any atom is -0.358 e. The molecule has 3 atom stereocenters. The lowest BCUT2D eigenvalue weighted by Gasteiger charge is -2.29. The number of hydrogen-bond donors (Lipinski definition) is 1. The van der Waals surface area contributed by atoms with Crippen molar-refractivity contribution >= 4 is 57.3 Å². The molecular formula is C26H19Cl2N3O3. The van der Waals surface area contributed by atoms with Gasteiger partial charge < -0.3 is 4.98 Å². The smallest absolute Gasteiger partial charge is 0.266 e. The van der Waals surface area contributed by atoms with Gasteiger partial charge in [0.2, 0.25) is 5.91 Å². The molecule has 34 heavy (non-hydrogen) atoms. The summed E-state index contributed by atoms with van der Waals surface area (Å²) < 4.78 is 0. The number of aromatic amines is 1. The second kappa shape index (κ2) is 7.87.